The van der Waals surface area contributed by atoms with Crippen LogP contribution in [0, 0.1) is 0 Å². The molecular formula is C18H19ClN2O3. The summed E-state index contributed by atoms with van der Waals surface area (Å²) in [4.78, 5) is 25.5. The van der Waals surface area contributed by atoms with Gasteiger partial charge in [0.2, 0.25) is 11.8 Å². The number of benzene rings is 2. The summed E-state index contributed by atoms with van der Waals surface area (Å²) in [6.45, 7) is 3.80. The molecule has 126 valence electrons. The summed E-state index contributed by atoms with van der Waals surface area (Å²) in [7, 11) is 0. The van der Waals surface area contributed by atoms with Crippen molar-refractivity contribution in [3.05, 3.63) is 53.6 Å². The van der Waals surface area contributed by atoms with Crippen molar-refractivity contribution in [3.63, 3.8) is 0 Å². The minimum atomic E-state index is -0.304. The summed E-state index contributed by atoms with van der Waals surface area (Å²) in [5.74, 6) is 0.190. The van der Waals surface area contributed by atoms with Gasteiger partial charge in [-0.25, -0.2) is 0 Å². The number of anilines is 2. The maximum atomic E-state index is 12.2. The molecule has 0 saturated carbocycles. The van der Waals surface area contributed by atoms with E-state index < -0.39 is 0 Å². The second kappa shape index (κ2) is 8.36. The van der Waals surface area contributed by atoms with Gasteiger partial charge in [-0.1, -0.05) is 17.7 Å². The number of carbonyl (C=O) groups is 2. The van der Waals surface area contributed by atoms with E-state index in [1.54, 1.807) is 48.5 Å². The van der Waals surface area contributed by atoms with Crippen LogP contribution in [0.2, 0.25) is 5.02 Å². The van der Waals surface area contributed by atoms with Crippen molar-refractivity contribution >= 4 is 34.8 Å². The van der Waals surface area contributed by atoms with Gasteiger partial charge in [0.05, 0.1) is 6.61 Å². The molecule has 1 N–H and O–H groups in total. The zero-order valence-corrected chi connectivity index (χ0v) is 14.3. The van der Waals surface area contributed by atoms with E-state index in [4.69, 9.17) is 16.3 Å². The van der Waals surface area contributed by atoms with Crippen LogP contribution in [0.25, 0.3) is 0 Å². The van der Waals surface area contributed by atoms with E-state index in [9.17, 15) is 9.59 Å². The number of nitrogens with one attached hydrogen (secondary N) is 1. The van der Waals surface area contributed by atoms with Crippen LogP contribution in [0.5, 0.6) is 5.75 Å². The van der Waals surface area contributed by atoms with Gasteiger partial charge in [-0.15, -0.1) is 0 Å². The number of hydrogen-bond donors (Lipinski definition) is 1. The Morgan fingerprint density at radius 3 is 2.46 bits per heavy atom. The van der Waals surface area contributed by atoms with Crippen molar-refractivity contribution in [2.75, 3.05) is 23.4 Å². The lowest BCUT2D eigenvalue weighted by Gasteiger charge is -2.21. The van der Waals surface area contributed by atoms with Crippen LogP contribution in [0.3, 0.4) is 0 Å². The van der Waals surface area contributed by atoms with E-state index in [1.807, 2.05) is 6.92 Å². The first-order valence-electron chi connectivity index (χ1n) is 7.56. The molecule has 6 heteroatoms. The van der Waals surface area contributed by atoms with E-state index in [2.05, 4.69) is 5.32 Å². The summed E-state index contributed by atoms with van der Waals surface area (Å²) < 4.78 is 5.38. The molecule has 0 bridgehead atoms. The van der Waals surface area contributed by atoms with Gasteiger partial charge in [0, 0.05) is 23.3 Å². The molecule has 0 saturated heterocycles. The quantitative estimate of drug-likeness (QED) is 0.867. The minimum absolute atomic E-state index is 0.0875. The first kappa shape index (κ1) is 17.8. The highest BCUT2D eigenvalue weighted by Crippen LogP contribution is 2.20. The highest BCUT2D eigenvalue weighted by Gasteiger charge is 2.16. The molecule has 5 nitrogen and oxygen atoms in total. The molecule has 2 aromatic rings. The van der Waals surface area contributed by atoms with Crippen LogP contribution in [0.1, 0.15) is 13.8 Å². The highest BCUT2D eigenvalue weighted by molar-refractivity contribution is 6.30. The molecule has 24 heavy (non-hydrogen) atoms. The van der Waals surface area contributed by atoms with Gasteiger partial charge in [-0.3, -0.25) is 9.59 Å². The fourth-order valence-electron chi connectivity index (χ4n) is 2.18. The van der Waals surface area contributed by atoms with Crippen molar-refractivity contribution in [2.45, 2.75) is 13.8 Å². The van der Waals surface area contributed by atoms with Crippen molar-refractivity contribution in [3.8, 4) is 5.75 Å². The Labute approximate surface area is 146 Å². The summed E-state index contributed by atoms with van der Waals surface area (Å²) in [5.41, 5.74) is 1.22. The van der Waals surface area contributed by atoms with E-state index in [1.165, 1.54) is 11.8 Å². The average molecular weight is 347 g/mol. The summed E-state index contributed by atoms with van der Waals surface area (Å²) >= 11 is 5.89. The molecule has 0 aliphatic rings. The fourth-order valence-corrected chi connectivity index (χ4v) is 2.37. The third kappa shape index (κ3) is 4.99. The van der Waals surface area contributed by atoms with Crippen LogP contribution in [0.15, 0.2) is 48.5 Å². The number of halogens is 1. The molecule has 2 aromatic carbocycles. The predicted molar refractivity (Wildman–Crippen MR) is 95.7 cm³/mol. The normalized spacial score (nSPS) is 10.1. The number of rotatable bonds is 6. The predicted octanol–water partition coefficient (Wildman–Crippen LogP) is 3.73. The zero-order valence-electron chi connectivity index (χ0n) is 13.6. The Balaban J connectivity index is 2.07. The van der Waals surface area contributed by atoms with Gasteiger partial charge in [0.25, 0.3) is 0 Å². The maximum Gasteiger partial charge on any atom is 0.244 e. The molecule has 2 amide bonds. The maximum absolute atomic E-state index is 12.2. The lowest BCUT2D eigenvalue weighted by atomic mass is 10.2. The number of amides is 2. The zero-order chi connectivity index (χ0) is 17.5. The van der Waals surface area contributed by atoms with Gasteiger partial charge in [0.1, 0.15) is 12.3 Å². The Kier molecular flexibility index (Phi) is 6.21. The molecule has 2 rings (SSSR count). The van der Waals surface area contributed by atoms with Crippen LogP contribution >= 0.6 is 11.6 Å². The number of nitrogens with zero attached hydrogens (tertiary/aromatic N) is 1. The number of hydrogen-bond acceptors (Lipinski definition) is 3. The molecule has 0 spiro atoms. The van der Waals surface area contributed by atoms with Crippen molar-refractivity contribution in [1.82, 2.24) is 0 Å². The van der Waals surface area contributed by atoms with Crippen LogP contribution < -0.4 is 15.0 Å². The van der Waals surface area contributed by atoms with Gasteiger partial charge in [0.15, 0.2) is 0 Å². The molecular weight excluding hydrogens is 328 g/mol. The van der Waals surface area contributed by atoms with E-state index in [0.717, 1.165) is 0 Å². The average Bonchev–Trinajstić information content (AvgIpc) is 2.53. The van der Waals surface area contributed by atoms with Crippen LogP contribution in [0.4, 0.5) is 11.4 Å². The molecule has 0 radical (unpaired) electrons. The third-order valence-electron chi connectivity index (χ3n) is 3.25. The van der Waals surface area contributed by atoms with Gasteiger partial charge in [-0.05, 0) is 49.4 Å². The van der Waals surface area contributed by atoms with Crippen molar-refractivity contribution in [2.24, 2.45) is 0 Å². The molecule has 0 atom stereocenters. The lowest BCUT2D eigenvalue weighted by molar-refractivity contribution is -0.120. The SMILES string of the molecule is CCOc1ccc(N(CC(=O)Nc2cccc(Cl)c2)C(C)=O)cc1. The molecule has 0 fully saturated rings. The molecule has 0 aromatic heterocycles. The number of carbonyl (C=O) groups excluding carboxylic acids is 2. The van der Waals surface area contributed by atoms with Gasteiger partial charge < -0.3 is 15.0 Å². The lowest BCUT2D eigenvalue weighted by Crippen LogP contribution is -2.36. The van der Waals surface area contributed by atoms with E-state index in [0.29, 0.717) is 28.8 Å². The van der Waals surface area contributed by atoms with Crippen LogP contribution in [-0.2, 0) is 9.59 Å². The molecule has 0 aliphatic carbocycles. The first-order valence-corrected chi connectivity index (χ1v) is 7.93. The minimum Gasteiger partial charge on any atom is -0.494 e. The van der Waals surface area contributed by atoms with Crippen molar-refractivity contribution in [1.29, 1.82) is 0 Å². The molecule has 0 heterocycles. The second-order valence-electron chi connectivity index (χ2n) is 5.09. The van der Waals surface area contributed by atoms with Gasteiger partial charge in [-0.2, -0.15) is 0 Å². The number of ether oxygens (including phenoxy) is 1. The Morgan fingerprint density at radius 1 is 1.17 bits per heavy atom. The Morgan fingerprint density at radius 2 is 1.88 bits per heavy atom. The standard InChI is InChI=1S/C18H19ClN2O3/c1-3-24-17-9-7-16(8-10-17)21(13(2)22)12-18(23)20-15-6-4-5-14(19)11-15/h4-11H,3,12H2,1-2H3,(H,20,23). The smallest absolute Gasteiger partial charge is 0.244 e. The topological polar surface area (TPSA) is 58.6 Å². The van der Waals surface area contributed by atoms with Crippen molar-refractivity contribution < 1.29 is 14.3 Å². The second-order valence-corrected chi connectivity index (χ2v) is 5.53. The Hall–Kier alpha value is -2.53. The van der Waals surface area contributed by atoms with E-state index >= 15 is 0 Å². The highest BCUT2D eigenvalue weighted by atomic mass is 35.5. The van der Waals surface area contributed by atoms with Gasteiger partial charge >= 0.3 is 0 Å². The summed E-state index contributed by atoms with van der Waals surface area (Å²) in [6.07, 6.45) is 0. The third-order valence-corrected chi connectivity index (χ3v) is 3.48. The summed E-state index contributed by atoms with van der Waals surface area (Å²) in [5, 5.41) is 3.26. The molecule has 0 unspecified atom stereocenters. The Bertz CT molecular complexity index is 716. The monoisotopic (exact) mass is 346 g/mol. The summed E-state index contributed by atoms with van der Waals surface area (Å²) in [6, 6.07) is 13.9. The van der Waals surface area contributed by atoms with Crippen LogP contribution in [-0.4, -0.2) is 25.0 Å². The first-order chi connectivity index (χ1) is 11.5. The fraction of sp³-hybridized carbons (Fsp3) is 0.222. The largest absolute Gasteiger partial charge is 0.494 e. The van der Waals surface area contributed by atoms with E-state index in [-0.39, 0.29) is 18.4 Å². The molecule has 0 aliphatic heterocycles.